The van der Waals surface area contributed by atoms with Gasteiger partial charge in [-0.05, 0) is 19.9 Å². The zero-order valence-corrected chi connectivity index (χ0v) is 8.16. The standard InChI is InChI=1S/C8H15N3O3/c1-2-10-7(13)8(14)11(6-12)5-3-4-9/h6H,2-5,9H2,1H3,(H,10,13). The van der Waals surface area contributed by atoms with Crippen LogP contribution in [0.2, 0.25) is 0 Å². The molecule has 0 aliphatic carbocycles. The van der Waals surface area contributed by atoms with Crippen LogP contribution in [-0.4, -0.2) is 42.8 Å². The van der Waals surface area contributed by atoms with Crippen LogP contribution < -0.4 is 11.1 Å². The Kier molecular flexibility index (Phi) is 6.30. The molecule has 0 fully saturated rings. The maximum absolute atomic E-state index is 11.2. The summed E-state index contributed by atoms with van der Waals surface area (Å²) in [6.45, 7) is 2.59. The lowest BCUT2D eigenvalue weighted by molar-refractivity contribution is -0.148. The quantitative estimate of drug-likeness (QED) is 0.416. The predicted octanol–water partition coefficient (Wildman–Crippen LogP) is -1.54. The first-order chi connectivity index (χ1) is 6.67. The molecule has 80 valence electrons. The van der Waals surface area contributed by atoms with Crippen LogP contribution in [-0.2, 0) is 14.4 Å². The van der Waals surface area contributed by atoms with E-state index < -0.39 is 11.8 Å². The lowest BCUT2D eigenvalue weighted by Crippen LogP contribution is -2.43. The minimum atomic E-state index is -0.838. The molecular formula is C8H15N3O3. The minimum absolute atomic E-state index is 0.177. The smallest absolute Gasteiger partial charge is 0.318 e. The van der Waals surface area contributed by atoms with Crippen molar-refractivity contribution in [3.63, 3.8) is 0 Å². The van der Waals surface area contributed by atoms with Gasteiger partial charge < -0.3 is 11.1 Å². The highest BCUT2D eigenvalue weighted by Crippen LogP contribution is 1.88. The normalized spacial score (nSPS) is 9.29. The molecule has 0 aromatic carbocycles. The Balaban J connectivity index is 4.15. The Labute approximate surface area is 82.4 Å². The summed E-state index contributed by atoms with van der Waals surface area (Å²) in [4.78, 5) is 33.5. The topological polar surface area (TPSA) is 92.5 Å². The van der Waals surface area contributed by atoms with E-state index in [0.717, 1.165) is 4.90 Å². The molecule has 3 amide bonds. The van der Waals surface area contributed by atoms with Crippen molar-refractivity contribution in [1.82, 2.24) is 10.2 Å². The number of hydrogen-bond acceptors (Lipinski definition) is 4. The number of carbonyl (C=O) groups is 3. The highest BCUT2D eigenvalue weighted by molar-refractivity contribution is 6.36. The second-order valence-electron chi connectivity index (χ2n) is 2.61. The SMILES string of the molecule is CCNC(=O)C(=O)N(C=O)CCCN. The molecule has 0 aliphatic rings. The van der Waals surface area contributed by atoms with Gasteiger partial charge in [-0.3, -0.25) is 19.3 Å². The molecule has 0 rings (SSSR count). The van der Waals surface area contributed by atoms with Gasteiger partial charge in [-0.25, -0.2) is 0 Å². The average Bonchev–Trinajstić information content (AvgIpc) is 2.19. The molecule has 0 saturated heterocycles. The maximum atomic E-state index is 11.2. The van der Waals surface area contributed by atoms with Gasteiger partial charge in [0.15, 0.2) is 0 Å². The van der Waals surface area contributed by atoms with Gasteiger partial charge in [0.2, 0.25) is 6.41 Å². The predicted molar refractivity (Wildman–Crippen MR) is 50.1 cm³/mol. The highest BCUT2D eigenvalue weighted by atomic mass is 16.2. The van der Waals surface area contributed by atoms with E-state index in [1.165, 1.54) is 0 Å². The van der Waals surface area contributed by atoms with E-state index in [4.69, 9.17) is 5.73 Å². The molecule has 14 heavy (non-hydrogen) atoms. The first-order valence-corrected chi connectivity index (χ1v) is 4.41. The van der Waals surface area contributed by atoms with Crippen molar-refractivity contribution in [2.75, 3.05) is 19.6 Å². The molecule has 0 aliphatic heterocycles. The second kappa shape index (κ2) is 7.02. The van der Waals surface area contributed by atoms with Crippen molar-refractivity contribution in [2.45, 2.75) is 13.3 Å². The number of carbonyl (C=O) groups excluding carboxylic acids is 3. The molecule has 0 aromatic rings. The summed E-state index contributed by atoms with van der Waals surface area (Å²) in [5.74, 6) is -1.60. The molecule has 6 nitrogen and oxygen atoms in total. The fraction of sp³-hybridized carbons (Fsp3) is 0.625. The van der Waals surface area contributed by atoms with E-state index in [1.54, 1.807) is 6.92 Å². The zero-order chi connectivity index (χ0) is 11.0. The van der Waals surface area contributed by atoms with E-state index in [2.05, 4.69) is 5.32 Å². The molecule has 0 heterocycles. The molecule has 6 heteroatoms. The summed E-state index contributed by atoms with van der Waals surface area (Å²) in [5, 5.41) is 2.32. The van der Waals surface area contributed by atoms with Crippen molar-refractivity contribution in [1.29, 1.82) is 0 Å². The molecule has 0 saturated carbocycles. The monoisotopic (exact) mass is 201 g/mol. The Bertz CT molecular complexity index is 218. The molecule has 0 unspecified atom stereocenters. The van der Waals surface area contributed by atoms with Crippen LogP contribution in [0, 0.1) is 0 Å². The van der Waals surface area contributed by atoms with Gasteiger partial charge in [0.25, 0.3) is 0 Å². The van der Waals surface area contributed by atoms with Gasteiger partial charge in [0.05, 0.1) is 0 Å². The summed E-state index contributed by atoms with van der Waals surface area (Å²) >= 11 is 0. The molecule has 0 bridgehead atoms. The number of hydrogen-bond donors (Lipinski definition) is 2. The van der Waals surface area contributed by atoms with Crippen LogP contribution in [0.15, 0.2) is 0 Å². The highest BCUT2D eigenvalue weighted by Gasteiger charge is 2.19. The first-order valence-electron chi connectivity index (χ1n) is 4.41. The number of likely N-dealkylation sites (N-methyl/N-ethyl adjacent to an activating group) is 1. The first kappa shape index (κ1) is 12.6. The van der Waals surface area contributed by atoms with Crippen LogP contribution in [0.25, 0.3) is 0 Å². The summed E-state index contributed by atoms with van der Waals surface area (Å²) in [7, 11) is 0. The van der Waals surface area contributed by atoms with E-state index in [-0.39, 0.29) is 6.54 Å². The lowest BCUT2D eigenvalue weighted by Gasteiger charge is -2.13. The van der Waals surface area contributed by atoms with E-state index in [1.807, 2.05) is 0 Å². The van der Waals surface area contributed by atoms with E-state index >= 15 is 0 Å². The summed E-state index contributed by atoms with van der Waals surface area (Å²) in [6.07, 6.45) is 0.830. The van der Waals surface area contributed by atoms with Crippen LogP contribution in [0.5, 0.6) is 0 Å². The van der Waals surface area contributed by atoms with Gasteiger partial charge >= 0.3 is 11.8 Å². The third-order valence-electron chi connectivity index (χ3n) is 1.52. The van der Waals surface area contributed by atoms with E-state index in [0.29, 0.717) is 25.9 Å². The van der Waals surface area contributed by atoms with Gasteiger partial charge in [0, 0.05) is 13.1 Å². The summed E-state index contributed by atoms with van der Waals surface area (Å²) < 4.78 is 0. The lowest BCUT2D eigenvalue weighted by atomic mass is 10.4. The number of amides is 3. The largest absolute Gasteiger partial charge is 0.348 e. The Morgan fingerprint density at radius 2 is 2.14 bits per heavy atom. The van der Waals surface area contributed by atoms with Crippen molar-refractivity contribution >= 4 is 18.2 Å². The minimum Gasteiger partial charge on any atom is -0.348 e. The number of rotatable bonds is 5. The van der Waals surface area contributed by atoms with E-state index in [9.17, 15) is 14.4 Å². The summed E-state index contributed by atoms with van der Waals surface area (Å²) in [6, 6.07) is 0. The van der Waals surface area contributed by atoms with Gasteiger partial charge in [-0.2, -0.15) is 0 Å². The number of nitrogens with one attached hydrogen (secondary N) is 1. The average molecular weight is 201 g/mol. The third kappa shape index (κ3) is 3.99. The molecular weight excluding hydrogens is 186 g/mol. The molecule has 0 radical (unpaired) electrons. The van der Waals surface area contributed by atoms with Crippen LogP contribution >= 0.6 is 0 Å². The third-order valence-corrected chi connectivity index (χ3v) is 1.52. The Morgan fingerprint density at radius 3 is 2.57 bits per heavy atom. The van der Waals surface area contributed by atoms with Crippen LogP contribution in [0.1, 0.15) is 13.3 Å². The summed E-state index contributed by atoms with van der Waals surface area (Å²) in [5.41, 5.74) is 5.21. The maximum Gasteiger partial charge on any atom is 0.318 e. The fourth-order valence-electron chi connectivity index (χ4n) is 0.830. The number of nitrogens with two attached hydrogens (primary N) is 1. The Hall–Kier alpha value is -1.43. The molecule has 3 N–H and O–H groups in total. The second-order valence-corrected chi connectivity index (χ2v) is 2.61. The molecule has 0 aromatic heterocycles. The van der Waals surface area contributed by atoms with Gasteiger partial charge in [-0.15, -0.1) is 0 Å². The van der Waals surface area contributed by atoms with Crippen LogP contribution in [0.4, 0.5) is 0 Å². The van der Waals surface area contributed by atoms with Crippen molar-refractivity contribution in [3.8, 4) is 0 Å². The van der Waals surface area contributed by atoms with Crippen molar-refractivity contribution in [3.05, 3.63) is 0 Å². The Morgan fingerprint density at radius 1 is 1.50 bits per heavy atom. The molecule has 0 spiro atoms. The number of nitrogens with zero attached hydrogens (tertiary/aromatic N) is 1. The van der Waals surface area contributed by atoms with Crippen molar-refractivity contribution in [2.24, 2.45) is 5.73 Å². The number of imide groups is 1. The fourth-order valence-corrected chi connectivity index (χ4v) is 0.830. The molecule has 0 atom stereocenters. The van der Waals surface area contributed by atoms with Crippen LogP contribution in [0.3, 0.4) is 0 Å². The van der Waals surface area contributed by atoms with Gasteiger partial charge in [-0.1, -0.05) is 0 Å². The van der Waals surface area contributed by atoms with Gasteiger partial charge in [0.1, 0.15) is 0 Å². The zero-order valence-electron chi connectivity index (χ0n) is 8.16. The van der Waals surface area contributed by atoms with Crippen molar-refractivity contribution < 1.29 is 14.4 Å².